The van der Waals surface area contributed by atoms with Crippen LogP contribution in [0.5, 0.6) is 34.5 Å². The van der Waals surface area contributed by atoms with Crippen LogP contribution in [0.2, 0.25) is 0 Å². The molecule has 264 valence electrons. The molecule has 2 aliphatic heterocycles. The average Bonchev–Trinajstić information content (AvgIpc) is 3.14. The van der Waals surface area contributed by atoms with Gasteiger partial charge in [-0.1, -0.05) is 30.3 Å². The summed E-state index contributed by atoms with van der Waals surface area (Å²) in [5.74, 6) is -1.39. The molecule has 0 amide bonds. The molecule has 0 aromatic heterocycles. The van der Waals surface area contributed by atoms with E-state index in [1.165, 1.54) is 74.0 Å². The quantitative estimate of drug-likeness (QED) is 0.252. The minimum atomic E-state index is -1.33. The standard InChI is InChI=1S/C35H40O14/c1-35(21-12-10-9-11-13-21)45-18-26-29(49-35)30(47-32(36)19-14-22(38-2)27(42-6)23(15-19)39-3)31(34(44-8)46-26)48-33(37)20-16-24(40-4)28(43-7)25(17-20)41-5/h9-17,26,29-31,34H,18H2,1-8H3/t26-,29-,30+,31-,34+,35+/m1/s1. The minimum absolute atomic E-state index is 0.0434. The highest BCUT2D eigenvalue weighted by Crippen LogP contribution is 2.43. The zero-order valence-corrected chi connectivity index (χ0v) is 28.5. The molecule has 5 rings (SSSR count). The van der Waals surface area contributed by atoms with E-state index in [2.05, 4.69) is 0 Å². The van der Waals surface area contributed by atoms with Crippen molar-refractivity contribution < 1.29 is 66.4 Å². The summed E-state index contributed by atoms with van der Waals surface area (Å²) in [6.45, 7) is 1.79. The van der Waals surface area contributed by atoms with Crippen LogP contribution in [-0.2, 0) is 34.2 Å². The molecule has 2 heterocycles. The second-order valence-electron chi connectivity index (χ2n) is 11.1. The van der Waals surface area contributed by atoms with Crippen molar-refractivity contribution in [3.8, 4) is 34.5 Å². The highest BCUT2D eigenvalue weighted by molar-refractivity contribution is 5.92. The summed E-state index contributed by atoms with van der Waals surface area (Å²) in [6, 6.07) is 15.0. The summed E-state index contributed by atoms with van der Waals surface area (Å²) in [7, 11) is 9.98. The lowest BCUT2D eigenvalue weighted by molar-refractivity contribution is -0.388. The first kappa shape index (κ1) is 35.5. The lowest BCUT2D eigenvalue weighted by atomic mass is 9.95. The van der Waals surface area contributed by atoms with Gasteiger partial charge in [-0.2, -0.15) is 0 Å². The van der Waals surface area contributed by atoms with Crippen molar-refractivity contribution in [2.45, 2.75) is 43.4 Å². The number of rotatable bonds is 12. The highest BCUT2D eigenvalue weighted by atomic mass is 16.8. The molecule has 0 unspecified atom stereocenters. The number of carbonyl (C=O) groups excluding carboxylic acids is 2. The van der Waals surface area contributed by atoms with Crippen molar-refractivity contribution in [2.75, 3.05) is 56.4 Å². The van der Waals surface area contributed by atoms with Crippen LogP contribution >= 0.6 is 0 Å². The van der Waals surface area contributed by atoms with Crippen LogP contribution in [0.25, 0.3) is 0 Å². The van der Waals surface area contributed by atoms with E-state index in [-0.39, 0.29) is 52.2 Å². The van der Waals surface area contributed by atoms with Crippen LogP contribution in [0.15, 0.2) is 54.6 Å². The normalized spacial score (nSPS) is 24.5. The first-order chi connectivity index (χ1) is 23.6. The Labute approximate surface area is 283 Å². The molecule has 0 saturated carbocycles. The molecule has 2 aliphatic rings. The molecule has 2 saturated heterocycles. The maximum atomic E-state index is 14.0. The maximum absolute atomic E-state index is 14.0. The molecule has 14 heteroatoms. The van der Waals surface area contributed by atoms with E-state index in [9.17, 15) is 9.59 Å². The van der Waals surface area contributed by atoms with Gasteiger partial charge in [-0.15, -0.1) is 0 Å². The maximum Gasteiger partial charge on any atom is 0.339 e. The van der Waals surface area contributed by atoms with Crippen molar-refractivity contribution in [1.82, 2.24) is 0 Å². The molecule has 3 aromatic rings. The summed E-state index contributed by atoms with van der Waals surface area (Å²) in [5, 5.41) is 0. The van der Waals surface area contributed by atoms with E-state index >= 15 is 0 Å². The van der Waals surface area contributed by atoms with Crippen LogP contribution in [0.1, 0.15) is 33.2 Å². The Balaban J connectivity index is 1.55. The van der Waals surface area contributed by atoms with Crippen LogP contribution in [0.3, 0.4) is 0 Å². The molecular weight excluding hydrogens is 644 g/mol. The van der Waals surface area contributed by atoms with E-state index in [1.54, 1.807) is 6.92 Å². The van der Waals surface area contributed by atoms with Crippen molar-refractivity contribution in [3.63, 3.8) is 0 Å². The van der Waals surface area contributed by atoms with Gasteiger partial charge in [0.2, 0.25) is 11.5 Å². The van der Waals surface area contributed by atoms with Gasteiger partial charge >= 0.3 is 11.9 Å². The predicted octanol–water partition coefficient (Wildman–Crippen LogP) is 4.15. The fourth-order valence-corrected chi connectivity index (χ4v) is 5.81. The molecule has 14 nitrogen and oxygen atoms in total. The zero-order chi connectivity index (χ0) is 35.3. The van der Waals surface area contributed by atoms with Crippen LogP contribution in [0.4, 0.5) is 0 Å². The summed E-state index contributed by atoms with van der Waals surface area (Å²) in [4.78, 5) is 27.8. The molecular formula is C35H40O14. The third-order valence-corrected chi connectivity index (χ3v) is 8.29. The Hall–Kier alpha value is -4.76. The summed E-state index contributed by atoms with van der Waals surface area (Å²) in [5.41, 5.74) is 0.838. The van der Waals surface area contributed by atoms with Crippen LogP contribution < -0.4 is 28.4 Å². The first-order valence-electron chi connectivity index (χ1n) is 15.2. The average molecular weight is 685 g/mol. The fourth-order valence-electron chi connectivity index (χ4n) is 5.81. The summed E-state index contributed by atoms with van der Waals surface area (Å²) in [6.07, 6.45) is -5.57. The molecule has 0 spiro atoms. The van der Waals surface area contributed by atoms with Gasteiger partial charge < -0.3 is 56.8 Å². The second-order valence-corrected chi connectivity index (χ2v) is 11.1. The van der Waals surface area contributed by atoms with Crippen molar-refractivity contribution >= 4 is 11.9 Å². The zero-order valence-electron chi connectivity index (χ0n) is 28.5. The molecule has 0 N–H and O–H groups in total. The van der Waals surface area contributed by atoms with E-state index in [0.717, 1.165) is 0 Å². The third kappa shape index (κ3) is 7.04. The van der Waals surface area contributed by atoms with E-state index in [4.69, 9.17) is 56.8 Å². The molecule has 49 heavy (non-hydrogen) atoms. The summed E-state index contributed by atoms with van der Waals surface area (Å²) < 4.78 is 69.3. The molecule has 3 aromatic carbocycles. The van der Waals surface area contributed by atoms with Crippen LogP contribution in [-0.4, -0.2) is 99.0 Å². The Bertz CT molecular complexity index is 1580. The van der Waals surface area contributed by atoms with Crippen LogP contribution in [0, 0.1) is 0 Å². The third-order valence-electron chi connectivity index (χ3n) is 8.29. The van der Waals surface area contributed by atoms with Gasteiger partial charge in [0.05, 0.1) is 60.4 Å². The SMILES string of the molecule is COc1cc(C(=O)O[C@@H]2[C@@H](OC(=O)c3cc(OC)c(OC)c(OC)c3)[C@@H](OC)O[C@@H]3CO[C@](C)(c4ccccc4)O[C@@H]23)cc(OC)c1OC. The highest BCUT2D eigenvalue weighted by Gasteiger charge is 2.56. The number of ether oxygens (including phenoxy) is 12. The number of fused-ring (bicyclic) bond motifs is 1. The van der Waals surface area contributed by atoms with Gasteiger partial charge in [-0.05, 0) is 31.2 Å². The Morgan fingerprint density at radius 3 is 1.57 bits per heavy atom. The molecule has 6 atom stereocenters. The predicted molar refractivity (Wildman–Crippen MR) is 171 cm³/mol. The lowest BCUT2D eigenvalue weighted by Gasteiger charge is -2.50. The van der Waals surface area contributed by atoms with Gasteiger partial charge in [0.25, 0.3) is 0 Å². The molecule has 2 fully saturated rings. The number of esters is 2. The molecule has 0 radical (unpaired) electrons. The second kappa shape index (κ2) is 15.2. The largest absolute Gasteiger partial charge is 0.493 e. The number of carbonyl (C=O) groups is 2. The van der Waals surface area contributed by atoms with Crippen molar-refractivity contribution in [3.05, 3.63) is 71.3 Å². The Kier molecular flexibility index (Phi) is 11.0. The fraction of sp³-hybridized carbons (Fsp3) is 0.429. The minimum Gasteiger partial charge on any atom is -0.493 e. The molecule has 0 bridgehead atoms. The van der Waals surface area contributed by atoms with Crippen molar-refractivity contribution in [2.24, 2.45) is 0 Å². The number of hydrogen-bond donors (Lipinski definition) is 0. The van der Waals surface area contributed by atoms with Gasteiger partial charge in [0.1, 0.15) is 12.2 Å². The van der Waals surface area contributed by atoms with E-state index in [0.29, 0.717) is 5.56 Å². The number of hydrogen-bond acceptors (Lipinski definition) is 14. The smallest absolute Gasteiger partial charge is 0.339 e. The van der Waals surface area contributed by atoms with E-state index in [1.807, 2.05) is 30.3 Å². The van der Waals surface area contributed by atoms with Gasteiger partial charge in [0, 0.05) is 12.7 Å². The van der Waals surface area contributed by atoms with Gasteiger partial charge in [-0.25, -0.2) is 9.59 Å². The Morgan fingerprint density at radius 2 is 1.14 bits per heavy atom. The van der Waals surface area contributed by atoms with Gasteiger partial charge in [0.15, 0.2) is 47.3 Å². The Morgan fingerprint density at radius 1 is 0.673 bits per heavy atom. The number of methoxy groups -OCH3 is 7. The number of benzene rings is 3. The summed E-state index contributed by atoms with van der Waals surface area (Å²) >= 11 is 0. The molecule has 0 aliphatic carbocycles. The topological polar surface area (TPSA) is 145 Å². The van der Waals surface area contributed by atoms with E-state index < -0.39 is 48.4 Å². The van der Waals surface area contributed by atoms with Crippen molar-refractivity contribution in [1.29, 1.82) is 0 Å². The van der Waals surface area contributed by atoms with Gasteiger partial charge in [-0.3, -0.25) is 0 Å². The monoisotopic (exact) mass is 684 g/mol. The lowest BCUT2D eigenvalue weighted by Crippen LogP contribution is -2.66. The first-order valence-corrected chi connectivity index (χ1v) is 15.2.